The Labute approximate surface area is 207 Å². The first kappa shape index (κ1) is 26.1. The summed E-state index contributed by atoms with van der Waals surface area (Å²) >= 11 is 0. The van der Waals surface area contributed by atoms with Crippen LogP contribution in [0.5, 0.6) is 5.75 Å². The lowest BCUT2D eigenvalue weighted by Crippen LogP contribution is -2.51. The predicted molar refractivity (Wildman–Crippen MR) is 127 cm³/mol. The fourth-order valence-corrected chi connectivity index (χ4v) is 4.88. The Hall–Kier alpha value is -2.95. The lowest BCUT2D eigenvalue weighted by molar-refractivity contribution is -0.275. The van der Waals surface area contributed by atoms with Crippen molar-refractivity contribution in [2.45, 2.75) is 57.9 Å². The zero-order chi connectivity index (χ0) is 26.0. The average Bonchev–Trinajstić information content (AvgIpc) is 3.21. The molecule has 1 N–H and O–H groups in total. The van der Waals surface area contributed by atoms with E-state index < -0.39 is 23.8 Å². The fourth-order valence-electron chi connectivity index (χ4n) is 4.88. The highest BCUT2D eigenvalue weighted by atomic mass is 19.4. The van der Waals surface area contributed by atoms with Crippen molar-refractivity contribution in [1.82, 2.24) is 20.2 Å². The average molecular weight is 510 g/mol. The third kappa shape index (κ3) is 5.88. The number of anilines is 1. The summed E-state index contributed by atoms with van der Waals surface area (Å²) in [5.74, 6) is -1.72. The zero-order valence-electron chi connectivity index (χ0n) is 20.6. The van der Waals surface area contributed by atoms with Gasteiger partial charge in [-0.25, -0.2) is 14.4 Å². The Morgan fingerprint density at radius 3 is 2.56 bits per heavy atom. The maximum Gasteiger partial charge on any atom is 0.573 e. The number of benzene rings is 1. The summed E-state index contributed by atoms with van der Waals surface area (Å²) in [4.78, 5) is 26.4. The highest BCUT2D eigenvalue weighted by Gasteiger charge is 2.34. The number of piperazine rings is 1. The van der Waals surface area contributed by atoms with E-state index in [1.165, 1.54) is 11.6 Å². The number of fused-ring (bicyclic) bond motifs is 1. The number of nitrogens with one attached hydrogen (secondary N) is 1. The number of rotatable bonds is 7. The number of alkyl halides is 3. The molecule has 2 heterocycles. The minimum atomic E-state index is -5.00. The van der Waals surface area contributed by atoms with Gasteiger partial charge in [0.2, 0.25) is 5.91 Å². The molecule has 36 heavy (non-hydrogen) atoms. The van der Waals surface area contributed by atoms with E-state index in [0.29, 0.717) is 37.7 Å². The van der Waals surface area contributed by atoms with Crippen LogP contribution in [0.1, 0.15) is 55.8 Å². The van der Waals surface area contributed by atoms with Gasteiger partial charge in [0, 0.05) is 50.0 Å². The van der Waals surface area contributed by atoms with E-state index in [-0.39, 0.29) is 18.5 Å². The molecule has 0 unspecified atom stereocenters. The number of nitrogens with zero attached hydrogens (tertiary/aromatic N) is 4. The van der Waals surface area contributed by atoms with Crippen LogP contribution in [0.15, 0.2) is 24.5 Å². The molecule has 0 saturated carbocycles. The maximum absolute atomic E-state index is 14.4. The number of carbonyl (C=O) groups excluding carboxylic acids is 1. The molecule has 1 fully saturated rings. The van der Waals surface area contributed by atoms with Gasteiger partial charge in [-0.1, -0.05) is 26.8 Å². The van der Waals surface area contributed by atoms with E-state index >= 15 is 0 Å². The fraction of sp³-hybridized carbons (Fsp3) is 0.560. The Balaban J connectivity index is 1.49. The van der Waals surface area contributed by atoms with Gasteiger partial charge in [0.1, 0.15) is 12.1 Å². The number of hydrogen-bond acceptors (Lipinski definition) is 6. The van der Waals surface area contributed by atoms with Gasteiger partial charge >= 0.3 is 6.36 Å². The van der Waals surface area contributed by atoms with E-state index in [0.717, 1.165) is 36.5 Å². The second-order valence-electron chi connectivity index (χ2n) is 9.66. The quantitative estimate of drug-likeness (QED) is 0.570. The van der Waals surface area contributed by atoms with E-state index in [2.05, 4.69) is 31.8 Å². The highest BCUT2D eigenvalue weighted by Crippen LogP contribution is 2.37. The Kier molecular flexibility index (Phi) is 7.67. The van der Waals surface area contributed by atoms with Crippen molar-refractivity contribution >= 4 is 11.7 Å². The van der Waals surface area contributed by atoms with Crippen LogP contribution in [0.4, 0.5) is 23.4 Å². The number of aryl methyl sites for hydroxylation is 1. The number of ether oxygens (including phenoxy) is 1. The second kappa shape index (κ2) is 10.6. The van der Waals surface area contributed by atoms with Gasteiger partial charge in [0.15, 0.2) is 11.6 Å². The first-order chi connectivity index (χ1) is 17.0. The summed E-state index contributed by atoms with van der Waals surface area (Å²) in [5, 5.41) is 3.20. The van der Waals surface area contributed by atoms with Crippen LogP contribution >= 0.6 is 0 Å². The van der Waals surface area contributed by atoms with Crippen molar-refractivity contribution in [3.63, 3.8) is 0 Å². The van der Waals surface area contributed by atoms with E-state index in [1.807, 2.05) is 13.8 Å². The Morgan fingerprint density at radius 2 is 1.92 bits per heavy atom. The van der Waals surface area contributed by atoms with Crippen LogP contribution in [0, 0.1) is 5.82 Å². The summed E-state index contributed by atoms with van der Waals surface area (Å²) in [7, 11) is 0. The van der Waals surface area contributed by atoms with Gasteiger partial charge in [-0.3, -0.25) is 4.79 Å². The number of aromatic nitrogens is 2. The number of amides is 1. The normalized spacial score (nSPS) is 18.9. The van der Waals surface area contributed by atoms with Crippen molar-refractivity contribution in [2.75, 3.05) is 37.6 Å². The molecule has 7 nitrogen and oxygen atoms in total. The summed E-state index contributed by atoms with van der Waals surface area (Å²) in [6.07, 6.45) is -1.41. The zero-order valence-corrected chi connectivity index (χ0v) is 20.6. The molecule has 1 aromatic heterocycles. The molecular weight excluding hydrogens is 478 g/mol. The van der Waals surface area contributed by atoms with Crippen LogP contribution in [-0.2, 0) is 11.2 Å². The molecule has 11 heteroatoms. The van der Waals surface area contributed by atoms with Gasteiger partial charge in [0.05, 0.1) is 5.92 Å². The number of carbonyl (C=O) groups is 1. The first-order valence-corrected chi connectivity index (χ1v) is 12.2. The number of halogens is 4. The topological polar surface area (TPSA) is 70.6 Å². The molecule has 0 spiro atoms. The lowest BCUT2D eigenvalue weighted by Gasteiger charge is -2.38. The number of hydrogen-bond donors (Lipinski definition) is 1. The van der Waals surface area contributed by atoms with Crippen molar-refractivity contribution < 1.29 is 27.1 Å². The summed E-state index contributed by atoms with van der Waals surface area (Å²) in [6.45, 7) is 8.36. The Bertz CT molecular complexity index is 1090. The van der Waals surface area contributed by atoms with Crippen molar-refractivity contribution in [2.24, 2.45) is 0 Å². The molecule has 4 rings (SSSR count). The highest BCUT2D eigenvalue weighted by molar-refractivity contribution is 5.84. The second-order valence-corrected chi connectivity index (χ2v) is 9.66. The Morgan fingerprint density at radius 1 is 1.19 bits per heavy atom. The summed E-state index contributed by atoms with van der Waals surface area (Å²) in [5.41, 5.74) is 2.57. The van der Waals surface area contributed by atoms with E-state index in [9.17, 15) is 22.4 Å². The molecule has 1 aliphatic heterocycles. The van der Waals surface area contributed by atoms with E-state index in [4.69, 9.17) is 0 Å². The van der Waals surface area contributed by atoms with Crippen molar-refractivity contribution in [1.29, 1.82) is 0 Å². The standard InChI is InChI=1S/C25H31F4N5O2/c1-15(2)30-13-18(17-5-7-21(19(26)12-17)36-25(27,28)29)24(35)34-10-8-33(9-11-34)23-22-16(3)4-6-20(22)31-14-32-23/h5,7,12,14-16,18,30H,4,6,8-11,13H2,1-3H3/t16-,18-/m1/s1. The predicted octanol–water partition coefficient (Wildman–Crippen LogP) is 3.99. The molecule has 2 aromatic rings. The minimum absolute atomic E-state index is 0.0664. The van der Waals surface area contributed by atoms with Gasteiger partial charge in [-0.15, -0.1) is 13.2 Å². The molecule has 1 amide bonds. The maximum atomic E-state index is 14.4. The minimum Gasteiger partial charge on any atom is -0.403 e. The molecule has 0 bridgehead atoms. The molecule has 2 aliphatic rings. The monoisotopic (exact) mass is 509 g/mol. The van der Waals surface area contributed by atoms with Crippen molar-refractivity contribution in [3.8, 4) is 5.75 Å². The third-order valence-corrected chi connectivity index (χ3v) is 6.76. The van der Waals surface area contributed by atoms with Gasteiger partial charge in [0.25, 0.3) is 0 Å². The van der Waals surface area contributed by atoms with Crippen LogP contribution in [0.2, 0.25) is 0 Å². The summed E-state index contributed by atoms with van der Waals surface area (Å²) < 4.78 is 55.8. The smallest absolute Gasteiger partial charge is 0.403 e. The summed E-state index contributed by atoms with van der Waals surface area (Å²) in [6, 6.07) is 3.25. The molecule has 2 atom stereocenters. The lowest BCUT2D eigenvalue weighted by atomic mass is 9.96. The largest absolute Gasteiger partial charge is 0.573 e. The molecule has 1 aliphatic carbocycles. The van der Waals surface area contributed by atoms with Gasteiger partial charge in [-0.05, 0) is 36.5 Å². The first-order valence-electron chi connectivity index (χ1n) is 12.2. The van der Waals surface area contributed by atoms with Gasteiger partial charge < -0.3 is 19.9 Å². The van der Waals surface area contributed by atoms with E-state index in [1.54, 1.807) is 11.2 Å². The third-order valence-electron chi connectivity index (χ3n) is 6.76. The molecule has 1 saturated heterocycles. The van der Waals surface area contributed by atoms with Crippen LogP contribution in [0.3, 0.4) is 0 Å². The molecule has 0 radical (unpaired) electrons. The van der Waals surface area contributed by atoms with Crippen molar-refractivity contribution in [3.05, 3.63) is 47.2 Å². The van der Waals surface area contributed by atoms with Crippen LogP contribution in [0.25, 0.3) is 0 Å². The van der Waals surface area contributed by atoms with Gasteiger partial charge in [-0.2, -0.15) is 0 Å². The SMILES string of the molecule is CC(C)NC[C@@H](C(=O)N1CCN(c2ncnc3c2[C@H](C)CC3)CC1)c1ccc(OC(F)(F)F)c(F)c1. The molecule has 1 aromatic carbocycles. The van der Waals surface area contributed by atoms with Crippen LogP contribution < -0.4 is 15.0 Å². The molecular formula is C25H31F4N5O2. The molecule has 196 valence electrons. The van der Waals surface area contributed by atoms with Crippen LogP contribution in [-0.4, -0.2) is 65.9 Å².